The van der Waals surface area contributed by atoms with Gasteiger partial charge in [0.1, 0.15) is 0 Å². The third-order valence-electron chi connectivity index (χ3n) is 3.67. The molecule has 2 heterocycles. The van der Waals surface area contributed by atoms with Crippen molar-refractivity contribution in [3.63, 3.8) is 0 Å². The van der Waals surface area contributed by atoms with Gasteiger partial charge in [0.25, 0.3) is 17.7 Å². The van der Waals surface area contributed by atoms with Crippen molar-refractivity contribution >= 4 is 51.9 Å². The van der Waals surface area contributed by atoms with Gasteiger partial charge in [0.15, 0.2) is 5.13 Å². The lowest BCUT2D eigenvalue weighted by Crippen LogP contribution is -2.24. The van der Waals surface area contributed by atoms with E-state index in [0.29, 0.717) is 10.8 Å². The van der Waals surface area contributed by atoms with Crippen molar-refractivity contribution in [3.8, 4) is 0 Å². The normalized spacial score (nSPS) is 13.1. The van der Waals surface area contributed by atoms with Crippen molar-refractivity contribution in [3.05, 3.63) is 40.6 Å². The van der Waals surface area contributed by atoms with Crippen LogP contribution < -0.4 is 11.1 Å². The predicted molar refractivity (Wildman–Crippen MR) is 97.6 cm³/mol. The highest BCUT2D eigenvalue weighted by molar-refractivity contribution is 8.01. The monoisotopic (exact) mass is 390 g/mol. The second-order valence-corrected chi connectivity index (χ2v) is 7.77. The molecule has 26 heavy (non-hydrogen) atoms. The maximum Gasteiger partial charge on any atom is 0.261 e. The number of primary amides is 1. The number of carbonyl (C=O) groups is 4. The molecular weight excluding hydrogens is 376 g/mol. The van der Waals surface area contributed by atoms with E-state index in [1.165, 1.54) is 48.3 Å². The smallest absolute Gasteiger partial charge is 0.261 e. The van der Waals surface area contributed by atoms with Crippen LogP contribution in [0, 0.1) is 6.92 Å². The highest BCUT2D eigenvalue weighted by Crippen LogP contribution is 2.32. The quantitative estimate of drug-likeness (QED) is 0.589. The van der Waals surface area contributed by atoms with Gasteiger partial charge < -0.3 is 5.73 Å². The number of rotatable bonds is 5. The van der Waals surface area contributed by atoms with Crippen LogP contribution in [0.5, 0.6) is 0 Å². The molecule has 3 N–H and O–H groups in total. The van der Waals surface area contributed by atoms with E-state index in [1.807, 2.05) is 0 Å². The van der Waals surface area contributed by atoms with Crippen molar-refractivity contribution in [2.75, 3.05) is 18.1 Å². The minimum absolute atomic E-state index is 0.130. The Morgan fingerprint density at radius 3 is 2.65 bits per heavy atom. The average Bonchev–Trinajstić information content (AvgIpc) is 3.05. The molecule has 0 spiro atoms. The number of nitrogens with one attached hydrogen (secondary N) is 1. The van der Waals surface area contributed by atoms with Gasteiger partial charge in [-0.15, -0.1) is 11.8 Å². The summed E-state index contributed by atoms with van der Waals surface area (Å²) >= 11 is 2.49. The standard InChI is InChI=1S/C16H14N4O4S2/c1-7-15(25-6-11(17)21)26-16(18-7)19-12(22)8-3-4-9-10(5-8)14(24)20(2)13(9)23/h3-5H,6H2,1-2H3,(H2,17,21)(H,18,19,22). The molecule has 0 bridgehead atoms. The lowest BCUT2D eigenvalue weighted by molar-refractivity contribution is -0.115. The van der Waals surface area contributed by atoms with Gasteiger partial charge in [0.2, 0.25) is 5.91 Å². The molecule has 3 rings (SSSR count). The van der Waals surface area contributed by atoms with E-state index in [0.717, 1.165) is 9.11 Å². The Balaban J connectivity index is 1.77. The fourth-order valence-electron chi connectivity index (χ4n) is 2.38. The van der Waals surface area contributed by atoms with Gasteiger partial charge in [-0.3, -0.25) is 29.4 Å². The maximum absolute atomic E-state index is 12.4. The van der Waals surface area contributed by atoms with Gasteiger partial charge >= 0.3 is 0 Å². The molecular formula is C16H14N4O4S2. The Hall–Kier alpha value is -2.72. The number of fused-ring (bicyclic) bond motifs is 1. The van der Waals surface area contributed by atoms with Crippen LogP contribution in [0.1, 0.15) is 36.8 Å². The highest BCUT2D eigenvalue weighted by atomic mass is 32.2. The van der Waals surface area contributed by atoms with Crippen molar-refractivity contribution in [1.82, 2.24) is 9.88 Å². The third kappa shape index (κ3) is 3.33. The zero-order valence-corrected chi connectivity index (χ0v) is 15.5. The zero-order chi connectivity index (χ0) is 19.0. The molecule has 134 valence electrons. The molecule has 0 fully saturated rings. The number of aromatic nitrogens is 1. The topological polar surface area (TPSA) is 122 Å². The first-order valence-electron chi connectivity index (χ1n) is 7.44. The van der Waals surface area contributed by atoms with Gasteiger partial charge in [-0.1, -0.05) is 11.3 Å². The third-order valence-corrected chi connectivity index (χ3v) is 6.13. The van der Waals surface area contributed by atoms with Gasteiger partial charge in [0, 0.05) is 12.6 Å². The first-order valence-corrected chi connectivity index (χ1v) is 9.24. The van der Waals surface area contributed by atoms with E-state index in [1.54, 1.807) is 6.92 Å². The lowest BCUT2D eigenvalue weighted by Gasteiger charge is -2.03. The molecule has 0 unspecified atom stereocenters. The van der Waals surface area contributed by atoms with E-state index >= 15 is 0 Å². The molecule has 8 nitrogen and oxygen atoms in total. The number of thiazole rings is 1. The number of nitrogens with zero attached hydrogens (tertiary/aromatic N) is 2. The molecule has 0 atom stereocenters. The van der Waals surface area contributed by atoms with Crippen molar-refractivity contribution in [2.24, 2.45) is 5.73 Å². The SMILES string of the molecule is Cc1nc(NC(=O)c2ccc3c(c2)C(=O)N(C)C3=O)sc1SCC(N)=O. The molecule has 10 heteroatoms. The fraction of sp³-hybridized carbons (Fsp3) is 0.188. The molecule has 0 aliphatic carbocycles. The number of hydrogen-bond acceptors (Lipinski definition) is 7. The van der Waals surface area contributed by atoms with Crippen LogP contribution in [0.15, 0.2) is 22.4 Å². The summed E-state index contributed by atoms with van der Waals surface area (Å²) in [6.07, 6.45) is 0. The minimum atomic E-state index is -0.442. The second kappa shape index (κ2) is 6.89. The van der Waals surface area contributed by atoms with E-state index < -0.39 is 17.7 Å². The van der Waals surface area contributed by atoms with Crippen LogP contribution >= 0.6 is 23.1 Å². The highest BCUT2D eigenvalue weighted by Gasteiger charge is 2.33. The number of nitrogens with two attached hydrogens (primary N) is 1. The fourth-order valence-corrected chi connectivity index (χ4v) is 4.25. The molecule has 0 saturated heterocycles. The summed E-state index contributed by atoms with van der Waals surface area (Å²) in [6.45, 7) is 1.77. The first-order chi connectivity index (χ1) is 12.3. The summed E-state index contributed by atoms with van der Waals surface area (Å²) < 4.78 is 0.787. The summed E-state index contributed by atoms with van der Waals surface area (Å²) in [6, 6.07) is 4.36. The maximum atomic E-state index is 12.4. The Labute approximate surface area is 156 Å². The van der Waals surface area contributed by atoms with E-state index in [4.69, 9.17) is 5.73 Å². The molecule has 0 saturated carbocycles. The van der Waals surface area contributed by atoms with E-state index in [2.05, 4.69) is 10.3 Å². The molecule has 4 amide bonds. The van der Waals surface area contributed by atoms with Crippen LogP contribution in [0.2, 0.25) is 0 Å². The molecule has 0 radical (unpaired) electrons. The zero-order valence-electron chi connectivity index (χ0n) is 13.9. The molecule has 1 aromatic heterocycles. The second-order valence-electron chi connectivity index (χ2n) is 5.53. The van der Waals surface area contributed by atoms with Gasteiger partial charge in [0.05, 0.1) is 26.8 Å². The number of hydrogen-bond donors (Lipinski definition) is 2. The van der Waals surface area contributed by atoms with Crippen LogP contribution in [0.3, 0.4) is 0 Å². The summed E-state index contributed by atoms with van der Waals surface area (Å²) in [5, 5.41) is 3.04. The van der Waals surface area contributed by atoms with Crippen molar-refractivity contribution < 1.29 is 19.2 Å². The van der Waals surface area contributed by atoms with Crippen molar-refractivity contribution in [1.29, 1.82) is 0 Å². The average molecular weight is 390 g/mol. The largest absolute Gasteiger partial charge is 0.369 e. The molecule has 1 aromatic carbocycles. The predicted octanol–water partition coefficient (Wildman–Crippen LogP) is 1.51. The van der Waals surface area contributed by atoms with E-state index in [9.17, 15) is 19.2 Å². The van der Waals surface area contributed by atoms with Crippen LogP contribution in [0.25, 0.3) is 0 Å². The Bertz CT molecular complexity index is 954. The van der Waals surface area contributed by atoms with Crippen LogP contribution in [-0.2, 0) is 4.79 Å². The van der Waals surface area contributed by atoms with Gasteiger partial charge in [-0.05, 0) is 25.1 Å². The van der Waals surface area contributed by atoms with Crippen molar-refractivity contribution in [2.45, 2.75) is 11.1 Å². The number of carbonyl (C=O) groups excluding carboxylic acids is 4. The summed E-state index contributed by atoms with van der Waals surface area (Å²) in [5.74, 6) is -1.57. The Morgan fingerprint density at radius 1 is 1.27 bits per heavy atom. The minimum Gasteiger partial charge on any atom is -0.369 e. The number of anilines is 1. The van der Waals surface area contributed by atoms with Gasteiger partial charge in [-0.2, -0.15) is 0 Å². The van der Waals surface area contributed by atoms with E-state index in [-0.39, 0.29) is 28.4 Å². The lowest BCUT2D eigenvalue weighted by atomic mass is 10.1. The number of imide groups is 1. The number of thioether (sulfide) groups is 1. The molecule has 1 aliphatic heterocycles. The number of amides is 4. The van der Waals surface area contributed by atoms with Crippen LogP contribution in [0.4, 0.5) is 5.13 Å². The summed E-state index contributed by atoms with van der Waals surface area (Å²) in [4.78, 5) is 52.5. The molecule has 1 aliphatic rings. The summed E-state index contributed by atoms with van der Waals surface area (Å²) in [5.41, 5.74) is 6.55. The van der Waals surface area contributed by atoms with Gasteiger partial charge in [-0.25, -0.2) is 4.98 Å². The first kappa shape index (κ1) is 18.1. The molecule has 2 aromatic rings. The number of aryl methyl sites for hydroxylation is 1. The number of benzene rings is 1. The Kier molecular flexibility index (Phi) is 4.79. The van der Waals surface area contributed by atoms with Crippen LogP contribution in [-0.4, -0.2) is 46.3 Å². The summed E-state index contributed by atoms with van der Waals surface area (Å²) in [7, 11) is 1.40. The Morgan fingerprint density at radius 2 is 1.96 bits per heavy atom.